The summed E-state index contributed by atoms with van der Waals surface area (Å²) < 4.78 is 1.71. The van der Waals surface area contributed by atoms with Crippen LogP contribution in [-0.2, 0) is 23.8 Å². The summed E-state index contributed by atoms with van der Waals surface area (Å²) in [6.07, 6.45) is 3.59. The lowest BCUT2D eigenvalue weighted by atomic mass is 9.93. The summed E-state index contributed by atoms with van der Waals surface area (Å²) >= 11 is 1.63. The van der Waals surface area contributed by atoms with Crippen LogP contribution in [0.4, 0.5) is 5.69 Å². The molecule has 0 spiro atoms. The fourth-order valence-electron chi connectivity index (χ4n) is 2.97. The van der Waals surface area contributed by atoms with Crippen molar-refractivity contribution in [3.05, 3.63) is 28.5 Å². The molecule has 1 aliphatic rings. The number of nitrogens with one attached hydrogen (secondary N) is 1. The molecule has 0 radical (unpaired) electrons. The van der Waals surface area contributed by atoms with Crippen molar-refractivity contribution in [1.82, 2.24) is 25.0 Å². The summed E-state index contributed by atoms with van der Waals surface area (Å²) in [6.45, 7) is 11.4. The lowest BCUT2D eigenvalue weighted by Crippen LogP contribution is -2.55. The van der Waals surface area contributed by atoms with Crippen molar-refractivity contribution in [2.24, 2.45) is 12.0 Å². The number of rotatable bonds is 4. The van der Waals surface area contributed by atoms with Crippen molar-refractivity contribution in [2.45, 2.75) is 39.7 Å². The molecule has 2 aromatic heterocycles. The second-order valence-corrected chi connectivity index (χ2v) is 8.83. The summed E-state index contributed by atoms with van der Waals surface area (Å²) in [5.41, 5.74) is 1.97. The average Bonchev–Trinajstić information content (AvgIpc) is 3.27. The van der Waals surface area contributed by atoms with E-state index in [9.17, 15) is 4.79 Å². The number of aryl methyl sites for hydroxylation is 1. The van der Waals surface area contributed by atoms with Crippen LogP contribution < -0.4 is 10.2 Å². The van der Waals surface area contributed by atoms with Gasteiger partial charge in [-0.15, -0.1) is 11.3 Å². The monoisotopic (exact) mass is 403 g/mol. The van der Waals surface area contributed by atoms with E-state index < -0.39 is 0 Å². The van der Waals surface area contributed by atoms with Gasteiger partial charge in [-0.25, -0.2) is 9.98 Å². The summed E-state index contributed by atoms with van der Waals surface area (Å²) in [6, 6.07) is 0. The molecule has 0 atom stereocenters. The molecule has 1 amide bonds. The van der Waals surface area contributed by atoms with E-state index >= 15 is 0 Å². The highest BCUT2D eigenvalue weighted by Gasteiger charge is 2.27. The quantitative estimate of drug-likeness (QED) is 0.624. The van der Waals surface area contributed by atoms with Gasteiger partial charge in [0.05, 0.1) is 24.1 Å². The van der Waals surface area contributed by atoms with E-state index in [4.69, 9.17) is 9.98 Å². The first-order valence-corrected chi connectivity index (χ1v) is 10.4. The zero-order valence-corrected chi connectivity index (χ0v) is 18.1. The molecule has 28 heavy (non-hydrogen) atoms. The number of aromatic nitrogens is 3. The minimum atomic E-state index is 0.0397. The lowest BCUT2D eigenvalue weighted by molar-refractivity contribution is -0.120. The summed E-state index contributed by atoms with van der Waals surface area (Å²) in [4.78, 5) is 25.9. The molecule has 1 N–H and O–H groups in total. The van der Waals surface area contributed by atoms with Crippen LogP contribution in [0.3, 0.4) is 0 Å². The first-order chi connectivity index (χ1) is 13.3. The molecule has 0 aliphatic carbocycles. The lowest BCUT2D eigenvalue weighted by Gasteiger charge is -2.35. The van der Waals surface area contributed by atoms with Crippen LogP contribution in [0.1, 0.15) is 38.4 Å². The van der Waals surface area contributed by atoms with Gasteiger partial charge in [0.2, 0.25) is 5.91 Å². The molecule has 1 fully saturated rings. The zero-order valence-electron chi connectivity index (χ0n) is 17.3. The van der Waals surface area contributed by atoms with E-state index in [0.717, 1.165) is 35.4 Å². The zero-order chi connectivity index (χ0) is 20.3. The van der Waals surface area contributed by atoms with Gasteiger partial charge in [0.1, 0.15) is 11.6 Å². The molecule has 0 aromatic carbocycles. The minimum Gasteiger partial charge on any atom is -0.356 e. The molecule has 1 saturated heterocycles. The van der Waals surface area contributed by atoms with Crippen molar-refractivity contribution in [3.8, 4) is 0 Å². The number of carbonyl (C=O) groups excluding carboxylic acids is 1. The van der Waals surface area contributed by atoms with Gasteiger partial charge >= 0.3 is 0 Å². The number of hydrogen-bond donors (Lipinski definition) is 1. The molecular formula is C19H29N7OS. The maximum absolute atomic E-state index is 12.7. The number of nitrogens with zero attached hydrogens (tertiary/aromatic N) is 6. The summed E-state index contributed by atoms with van der Waals surface area (Å²) in [5.74, 6) is 0.809. The average molecular weight is 404 g/mol. The van der Waals surface area contributed by atoms with Gasteiger partial charge in [-0.05, 0) is 6.92 Å². The second kappa shape index (κ2) is 8.30. The van der Waals surface area contributed by atoms with E-state index in [-0.39, 0.29) is 11.3 Å². The SMILES string of the molecule is CCNC(=NCc1nc(C(C)(C)C)cs1)N1CCN(c2cnn(C)c2)C(=O)C1. The number of guanidine groups is 1. The van der Waals surface area contributed by atoms with E-state index in [1.165, 1.54) is 0 Å². The van der Waals surface area contributed by atoms with Crippen LogP contribution in [0, 0.1) is 0 Å². The first kappa shape index (κ1) is 20.3. The van der Waals surface area contributed by atoms with Crippen molar-refractivity contribution >= 4 is 28.9 Å². The van der Waals surface area contributed by atoms with E-state index in [0.29, 0.717) is 19.6 Å². The van der Waals surface area contributed by atoms with Gasteiger partial charge in [-0.1, -0.05) is 20.8 Å². The highest BCUT2D eigenvalue weighted by molar-refractivity contribution is 7.09. The number of amides is 1. The van der Waals surface area contributed by atoms with Crippen LogP contribution in [-0.4, -0.2) is 57.7 Å². The molecule has 152 valence electrons. The van der Waals surface area contributed by atoms with Crippen LogP contribution in [0.2, 0.25) is 0 Å². The highest BCUT2D eigenvalue weighted by atomic mass is 32.1. The molecule has 3 heterocycles. The van der Waals surface area contributed by atoms with E-state index in [1.54, 1.807) is 27.1 Å². The predicted molar refractivity (Wildman–Crippen MR) is 113 cm³/mol. The molecule has 1 aliphatic heterocycles. The third kappa shape index (κ3) is 4.70. The van der Waals surface area contributed by atoms with Crippen molar-refractivity contribution in [1.29, 1.82) is 0 Å². The third-order valence-corrected chi connectivity index (χ3v) is 5.38. The van der Waals surface area contributed by atoms with Gasteiger partial charge in [0.15, 0.2) is 5.96 Å². The smallest absolute Gasteiger partial charge is 0.246 e. The Labute approximate surface area is 170 Å². The Hall–Kier alpha value is -2.42. The normalized spacial score (nSPS) is 16.0. The molecule has 9 heteroatoms. The van der Waals surface area contributed by atoms with Gasteiger partial charge in [-0.2, -0.15) is 5.10 Å². The summed E-state index contributed by atoms with van der Waals surface area (Å²) in [5, 5.41) is 10.6. The van der Waals surface area contributed by atoms with Gasteiger partial charge < -0.3 is 15.1 Å². The Morgan fingerprint density at radius 1 is 1.36 bits per heavy atom. The largest absolute Gasteiger partial charge is 0.356 e. The number of anilines is 1. The topological polar surface area (TPSA) is 78.7 Å². The van der Waals surface area contributed by atoms with E-state index in [1.807, 2.05) is 25.1 Å². The highest BCUT2D eigenvalue weighted by Crippen LogP contribution is 2.24. The van der Waals surface area contributed by atoms with Crippen molar-refractivity contribution < 1.29 is 4.79 Å². The summed E-state index contributed by atoms with van der Waals surface area (Å²) in [7, 11) is 1.85. The molecule has 3 rings (SSSR count). The van der Waals surface area contributed by atoms with Crippen molar-refractivity contribution in [2.75, 3.05) is 31.1 Å². The van der Waals surface area contributed by atoms with Crippen LogP contribution in [0.15, 0.2) is 22.8 Å². The standard InChI is InChI=1S/C19H29N7OS/c1-6-20-18(21-10-16-23-15(13-28-16)19(2,3)4)25-7-8-26(17(27)12-25)14-9-22-24(5)11-14/h9,11,13H,6-8,10,12H2,1-5H3,(H,20,21). The predicted octanol–water partition coefficient (Wildman–Crippen LogP) is 1.99. The first-order valence-electron chi connectivity index (χ1n) is 9.55. The molecule has 8 nitrogen and oxygen atoms in total. The van der Waals surface area contributed by atoms with Crippen LogP contribution >= 0.6 is 11.3 Å². The third-order valence-electron chi connectivity index (χ3n) is 4.54. The van der Waals surface area contributed by atoms with Crippen LogP contribution in [0.25, 0.3) is 0 Å². The molecule has 0 bridgehead atoms. The number of carbonyl (C=O) groups is 1. The Morgan fingerprint density at radius 3 is 2.71 bits per heavy atom. The number of piperazine rings is 1. The fraction of sp³-hybridized carbons (Fsp3) is 0.579. The Kier molecular flexibility index (Phi) is 6.02. The number of hydrogen-bond acceptors (Lipinski definition) is 5. The second-order valence-electron chi connectivity index (χ2n) is 7.89. The minimum absolute atomic E-state index is 0.0397. The number of aliphatic imine (C=N–C) groups is 1. The van der Waals surface area contributed by atoms with Gasteiger partial charge in [0, 0.05) is 43.7 Å². The number of thiazole rings is 1. The maximum atomic E-state index is 12.7. The molecule has 0 saturated carbocycles. The van der Waals surface area contributed by atoms with E-state index in [2.05, 4.69) is 36.6 Å². The van der Waals surface area contributed by atoms with Gasteiger partial charge in [0.25, 0.3) is 0 Å². The Bertz CT molecular complexity index is 849. The van der Waals surface area contributed by atoms with Crippen LogP contribution in [0.5, 0.6) is 0 Å². The fourth-order valence-corrected chi connectivity index (χ4v) is 3.92. The molecule has 2 aromatic rings. The Balaban J connectivity index is 1.68. The van der Waals surface area contributed by atoms with Crippen molar-refractivity contribution in [3.63, 3.8) is 0 Å². The Morgan fingerprint density at radius 2 is 2.14 bits per heavy atom. The molecule has 0 unspecified atom stereocenters. The maximum Gasteiger partial charge on any atom is 0.246 e. The van der Waals surface area contributed by atoms with Gasteiger partial charge in [-0.3, -0.25) is 9.48 Å². The molecular weight excluding hydrogens is 374 g/mol.